The first-order valence-electron chi connectivity index (χ1n) is 22.4. The molecule has 2 aromatic carbocycles. The average Bonchev–Trinajstić information content (AvgIpc) is 3.97. The molecule has 14 nitrogen and oxygen atoms in total. The molecule has 2 aromatic rings. The van der Waals surface area contributed by atoms with Gasteiger partial charge in [-0.2, -0.15) is 0 Å². The molecule has 0 spiro atoms. The second kappa shape index (κ2) is 19.3. The van der Waals surface area contributed by atoms with Crippen molar-refractivity contribution in [3.8, 4) is 0 Å². The van der Waals surface area contributed by atoms with Gasteiger partial charge in [-0.3, -0.25) is 38.6 Å². The molecule has 0 unspecified atom stereocenters. The lowest BCUT2D eigenvalue weighted by atomic mass is 9.86. The number of piperazine rings is 2. The first-order valence-corrected chi connectivity index (χ1v) is 22.4. The standard InChI is InChI=1S/C46H60N8O6/c55-39(47-33-9-1-2-10-33)13-5-19-49-25-29-51(30-26-49)21-7-23-53-43(57)35-15-17-37-42-38(18-16-36(41(35)42)44(53)58)46(60)54(45(37)59)24-8-22-52-31-27-50(28-32-52)20-6-14-40(56)48-34-11-3-4-12-34/h1,3,9,11,15-18,33-34H,2,4-8,10,12-14,19-32H2,(H,47,55)(H,48,56)/t33-,34-/m0/s1. The van der Waals surface area contributed by atoms with Crippen LogP contribution in [0.25, 0.3) is 10.8 Å². The maximum atomic E-state index is 13.8. The minimum Gasteiger partial charge on any atom is -0.350 e. The van der Waals surface area contributed by atoms with Gasteiger partial charge in [0.05, 0.1) is 0 Å². The number of nitrogens with zero attached hydrogens (tertiary/aromatic N) is 6. The van der Waals surface area contributed by atoms with Crippen LogP contribution in [-0.2, 0) is 9.59 Å². The first-order chi connectivity index (χ1) is 29.2. The van der Waals surface area contributed by atoms with Gasteiger partial charge in [-0.1, -0.05) is 24.3 Å². The van der Waals surface area contributed by atoms with E-state index < -0.39 is 0 Å². The van der Waals surface area contributed by atoms with E-state index in [0.29, 0.717) is 58.7 Å². The predicted octanol–water partition coefficient (Wildman–Crippen LogP) is 3.28. The number of allylic oxidation sites excluding steroid dienone is 2. The van der Waals surface area contributed by atoms with Crippen molar-refractivity contribution in [3.05, 3.63) is 70.8 Å². The number of imide groups is 2. The minimum absolute atomic E-state index is 0.121. The molecule has 2 aliphatic carbocycles. The Morgan fingerprint density at radius 3 is 1.08 bits per heavy atom. The van der Waals surface area contributed by atoms with Crippen LogP contribution in [0.5, 0.6) is 0 Å². The minimum atomic E-state index is -0.390. The van der Waals surface area contributed by atoms with E-state index in [1.807, 2.05) is 0 Å². The molecule has 320 valence electrons. The van der Waals surface area contributed by atoms with Crippen LogP contribution in [0.1, 0.15) is 106 Å². The molecule has 6 amide bonds. The Bertz CT molecular complexity index is 1820. The van der Waals surface area contributed by atoms with Gasteiger partial charge in [-0.05, 0) is 102 Å². The molecular formula is C46H60N8O6. The molecule has 4 heterocycles. The zero-order valence-electron chi connectivity index (χ0n) is 34.9. The maximum absolute atomic E-state index is 13.8. The third-order valence-electron chi connectivity index (χ3n) is 13.2. The quantitative estimate of drug-likeness (QED) is 0.170. The molecule has 4 aliphatic heterocycles. The highest BCUT2D eigenvalue weighted by molar-refractivity contribution is 6.33. The van der Waals surface area contributed by atoms with Gasteiger partial charge < -0.3 is 30.2 Å². The molecule has 14 heteroatoms. The van der Waals surface area contributed by atoms with Gasteiger partial charge in [0, 0.05) is 123 Å². The van der Waals surface area contributed by atoms with Crippen LogP contribution >= 0.6 is 0 Å². The fourth-order valence-electron chi connectivity index (χ4n) is 9.75. The lowest BCUT2D eigenvalue weighted by Crippen LogP contribution is -2.48. The lowest BCUT2D eigenvalue weighted by molar-refractivity contribution is -0.122. The van der Waals surface area contributed by atoms with Crippen LogP contribution in [0, 0.1) is 0 Å². The molecule has 0 aromatic heterocycles. The lowest BCUT2D eigenvalue weighted by Gasteiger charge is -2.36. The van der Waals surface area contributed by atoms with Crippen molar-refractivity contribution < 1.29 is 28.8 Å². The molecule has 0 saturated carbocycles. The Balaban J connectivity index is 0.772. The van der Waals surface area contributed by atoms with E-state index in [2.05, 4.69) is 54.5 Å². The molecule has 2 saturated heterocycles. The zero-order valence-corrected chi connectivity index (χ0v) is 34.9. The van der Waals surface area contributed by atoms with Crippen LogP contribution in [0.2, 0.25) is 0 Å². The topological polar surface area (TPSA) is 146 Å². The highest BCUT2D eigenvalue weighted by atomic mass is 16.2. The van der Waals surface area contributed by atoms with Crippen molar-refractivity contribution in [2.24, 2.45) is 0 Å². The van der Waals surface area contributed by atoms with Gasteiger partial charge in [0.1, 0.15) is 0 Å². The second-order valence-corrected chi connectivity index (χ2v) is 17.2. The monoisotopic (exact) mass is 820 g/mol. The molecule has 60 heavy (non-hydrogen) atoms. The van der Waals surface area contributed by atoms with E-state index in [1.165, 1.54) is 9.80 Å². The van der Waals surface area contributed by atoms with Gasteiger partial charge in [-0.15, -0.1) is 0 Å². The van der Waals surface area contributed by atoms with E-state index in [1.54, 1.807) is 24.3 Å². The summed E-state index contributed by atoms with van der Waals surface area (Å²) in [6.45, 7) is 11.1. The number of hydrogen-bond acceptors (Lipinski definition) is 10. The van der Waals surface area contributed by atoms with Gasteiger partial charge in [0.15, 0.2) is 0 Å². The molecule has 2 atom stereocenters. The van der Waals surface area contributed by atoms with E-state index in [0.717, 1.165) is 117 Å². The Morgan fingerprint density at radius 2 is 0.783 bits per heavy atom. The third-order valence-corrected chi connectivity index (χ3v) is 13.2. The van der Waals surface area contributed by atoms with E-state index >= 15 is 0 Å². The largest absolute Gasteiger partial charge is 0.350 e. The Hall–Kier alpha value is -4.76. The summed E-state index contributed by atoms with van der Waals surface area (Å²) in [6.07, 6.45) is 16.5. The smallest absolute Gasteiger partial charge is 0.261 e. The number of hydrogen-bond donors (Lipinski definition) is 2. The highest BCUT2D eigenvalue weighted by Crippen LogP contribution is 2.38. The van der Waals surface area contributed by atoms with Crippen LogP contribution in [0.15, 0.2) is 48.6 Å². The molecule has 8 rings (SSSR count). The van der Waals surface area contributed by atoms with Crippen molar-refractivity contribution in [3.63, 3.8) is 0 Å². The molecule has 2 fully saturated rings. The summed E-state index contributed by atoms with van der Waals surface area (Å²) in [6, 6.07) is 6.95. The van der Waals surface area contributed by atoms with E-state index in [-0.39, 0.29) is 60.6 Å². The van der Waals surface area contributed by atoms with Gasteiger partial charge in [0.2, 0.25) is 11.8 Å². The third kappa shape index (κ3) is 9.57. The molecular weight excluding hydrogens is 761 g/mol. The summed E-state index contributed by atoms with van der Waals surface area (Å²) in [5.74, 6) is -1.32. The summed E-state index contributed by atoms with van der Waals surface area (Å²) >= 11 is 0. The summed E-state index contributed by atoms with van der Waals surface area (Å²) in [5.41, 5.74) is 1.41. The normalized spacial score (nSPS) is 22.5. The fraction of sp³-hybridized carbons (Fsp3) is 0.565. The summed E-state index contributed by atoms with van der Waals surface area (Å²) < 4.78 is 0. The van der Waals surface area contributed by atoms with Crippen LogP contribution in [-0.4, -0.2) is 169 Å². The summed E-state index contributed by atoms with van der Waals surface area (Å²) in [7, 11) is 0. The van der Waals surface area contributed by atoms with Crippen molar-refractivity contribution in [1.82, 2.24) is 40.0 Å². The maximum Gasteiger partial charge on any atom is 0.261 e. The van der Waals surface area contributed by atoms with Crippen LogP contribution in [0.4, 0.5) is 0 Å². The summed E-state index contributed by atoms with van der Waals surface area (Å²) in [5, 5.41) is 7.00. The molecule has 2 N–H and O–H groups in total. The first kappa shape index (κ1) is 42.0. The predicted molar refractivity (Wildman–Crippen MR) is 229 cm³/mol. The van der Waals surface area contributed by atoms with Crippen LogP contribution in [0.3, 0.4) is 0 Å². The number of carbonyl (C=O) groups excluding carboxylic acids is 6. The Labute approximate surface area is 352 Å². The van der Waals surface area contributed by atoms with Gasteiger partial charge in [-0.25, -0.2) is 0 Å². The number of rotatable bonds is 18. The zero-order chi connectivity index (χ0) is 41.6. The SMILES string of the molecule is O=C(CCCN1CCN(CCCN2C(=O)c3ccc4c5c(ccc(c35)C2=O)C(=O)N(CCCN2CCN(CCCC(=O)N[C@H]3C=CCC3)CC2)C4=O)CC1)N[C@H]1C=CCC1. The molecule has 0 bridgehead atoms. The van der Waals surface area contributed by atoms with Gasteiger partial charge in [0.25, 0.3) is 23.6 Å². The summed E-state index contributed by atoms with van der Waals surface area (Å²) in [4.78, 5) is 92.0. The average molecular weight is 821 g/mol. The molecule has 6 aliphatic rings. The van der Waals surface area contributed by atoms with Crippen molar-refractivity contribution in [2.75, 3.05) is 91.6 Å². The Morgan fingerprint density at radius 1 is 0.467 bits per heavy atom. The van der Waals surface area contributed by atoms with Crippen LogP contribution < -0.4 is 10.6 Å². The van der Waals surface area contributed by atoms with Crippen molar-refractivity contribution >= 4 is 46.2 Å². The molecule has 0 radical (unpaired) electrons. The second-order valence-electron chi connectivity index (χ2n) is 17.2. The number of benzene rings is 2. The van der Waals surface area contributed by atoms with Gasteiger partial charge >= 0.3 is 0 Å². The van der Waals surface area contributed by atoms with E-state index in [9.17, 15) is 28.8 Å². The Kier molecular flexibility index (Phi) is 13.5. The fourth-order valence-corrected chi connectivity index (χ4v) is 9.75. The van der Waals surface area contributed by atoms with E-state index in [4.69, 9.17) is 0 Å². The highest BCUT2D eigenvalue weighted by Gasteiger charge is 2.39. The number of amides is 6. The number of carbonyl (C=O) groups is 6. The van der Waals surface area contributed by atoms with Crippen molar-refractivity contribution in [2.45, 2.75) is 76.3 Å². The number of nitrogens with one attached hydrogen (secondary N) is 2. The van der Waals surface area contributed by atoms with Crippen molar-refractivity contribution in [1.29, 1.82) is 0 Å².